The predicted octanol–water partition coefficient (Wildman–Crippen LogP) is 5.44. The average molecular weight is 444 g/mol. The van der Waals surface area contributed by atoms with Crippen LogP contribution in [-0.2, 0) is 5.54 Å². The third kappa shape index (κ3) is 2.97. The minimum atomic E-state index is -0.799. The Hall–Kier alpha value is -2.80. The molecule has 2 aromatic rings. The number of phenolic OH excluding ortho intramolecular Hbond substituents is 1. The van der Waals surface area contributed by atoms with Gasteiger partial charge in [0.25, 0.3) is 5.91 Å². The Balaban J connectivity index is 1.34. The number of rotatable bonds is 3. The molecule has 2 fully saturated rings. The lowest BCUT2D eigenvalue weighted by atomic mass is 9.51. The summed E-state index contributed by atoms with van der Waals surface area (Å²) in [6, 6.07) is 7.74. The molecule has 0 aromatic heterocycles. The summed E-state index contributed by atoms with van der Waals surface area (Å²) < 4.78 is 28.0. The van der Waals surface area contributed by atoms with Crippen LogP contribution < -0.4 is 0 Å². The van der Waals surface area contributed by atoms with Gasteiger partial charge < -0.3 is 10.0 Å². The molecule has 1 amide bonds. The van der Waals surface area contributed by atoms with Crippen molar-refractivity contribution in [3.8, 4) is 5.75 Å². The van der Waals surface area contributed by atoms with Gasteiger partial charge in [0.05, 0.1) is 11.8 Å². The fourth-order valence-corrected chi connectivity index (χ4v) is 5.62. The normalized spacial score (nSPS) is 24.1. The largest absolute Gasteiger partial charge is 0.508 e. The van der Waals surface area contributed by atoms with Crippen LogP contribution in [0.2, 0.25) is 5.02 Å². The number of halogens is 3. The lowest BCUT2D eigenvalue weighted by molar-refractivity contribution is -0.0938. The predicted molar refractivity (Wildman–Crippen MR) is 111 cm³/mol. The van der Waals surface area contributed by atoms with Crippen LogP contribution in [-0.4, -0.2) is 29.0 Å². The van der Waals surface area contributed by atoms with Gasteiger partial charge in [-0.2, -0.15) is 10.2 Å². The van der Waals surface area contributed by atoms with Crippen LogP contribution in [0.5, 0.6) is 5.75 Å². The third-order valence-electron chi connectivity index (χ3n) is 6.88. The number of likely N-dealkylation sites (tertiary alicyclic amines) is 1. The number of benzene rings is 2. The summed E-state index contributed by atoms with van der Waals surface area (Å²) in [6.07, 6.45) is 3.24. The zero-order valence-electron chi connectivity index (χ0n) is 16.8. The standard InChI is InChI=1S/C23H20ClF2N3O2/c1-13-10-27-28-23(13,18-6-15(25)2-4-19(18)24)14-8-22(9-14)11-29(12-22)21(31)17-7-16(30)3-5-20(17)26/h2-7,10,14,30H,8-9,11-12H2,1H3. The molecule has 0 bridgehead atoms. The van der Waals surface area contributed by atoms with Gasteiger partial charge in [0, 0.05) is 29.1 Å². The second-order valence-corrected chi connectivity index (χ2v) is 9.26. The Morgan fingerprint density at radius 2 is 1.94 bits per heavy atom. The maximum absolute atomic E-state index is 14.0. The van der Waals surface area contributed by atoms with Crippen LogP contribution in [0.15, 0.2) is 58.4 Å². The van der Waals surface area contributed by atoms with Gasteiger partial charge in [-0.25, -0.2) is 8.78 Å². The van der Waals surface area contributed by atoms with Crippen molar-refractivity contribution in [3.63, 3.8) is 0 Å². The molecule has 1 saturated heterocycles. The Labute approximate surface area is 183 Å². The molecule has 5 rings (SSSR count). The van der Waals surface area contributed by atoms with E-state index in [0.29, 0.717) is 23.7 Å². The van der Waals surface area contributed by atoms with Crippen LogP contribution in [0.3, 0.4) is 0 Å². The number of hydrogen-bond acceptors (Lipinski definition) is 4. The number of phenols is 1. The van der Waals surface area contributed by atoms with Gasteiger partial charge in [-0.3, -0.25) is 4.79 Å². The Morgan fingerprint density at radius 3 is 2.61 bits per heavy atom. The highest BCUT2D eigenvalue weighted by atomic mass is 35.5. The van der Waals surface area contributed by atoms with Crippen LogP contribution in [0.1, 0.15) is 35.7 Å². The molecule has 1 spiro atoms. The lowest BCUT2D eigenvalue weighted by Gasteiger charge is -2.62. The molecule has 0 radical (unpaired) electrons. The number of carbonyl (C=O) groups excluding carboxylic acids is 1. The van der Waals surface area contributed by atoms with E-state index in [1.165, 1.54) is 24.3 Å². The van der Waals surface area contributed by atoms with Gasteiger partial charge in [-0.15, -0.1) is 0 Å². The summed E-state index contributed by atoms with van der Waals surface area (Å²) in [7, 11) is 0. The van der Waals surface area contributed by atoms with E-state index in [1.807, 2.05) is 6.92 Å². The Kier molecular flexibility index (Phi) is 4.45. The monoisotopic (exact) mass is 443 g/mol. The van der Waals surface area contributed by atoms with Crippen molar-refractivity contribution in [1.29, 1.82) is 0 Å². The third-order valence-corrected chi connectivity index (χ3v) is 7.21. The van der Waals surface area contributed by atoms with Crippen molar-refractivity contribution < 1.29 is 18.7 Å². The van der Waals surface area contributed by atoms with Gasteiger partial charge in [-0.1, -0.05) is 11.6 Å². The van der Waals surface area contributed by atoms with Crippen LogP contribution in [0.4, 0.5) is 8.78 Å². The molecule has 1 N–H and O–H groups in total. The average Bonchev–Trinajstić information content (AvgIpc) is 3.05. The summed E-state index contributed by atoms with van der Waals surface area (Å²) >= 11 is 6.43. The second kappa shape index (κ2) is 6.85. The van der Waals surface area contributed by atoms with Crippen molar-refractivity contribution in [2.24, 2.45) is 21.6 Å². The maximum atomic E-state index is 14.0. The highest BCUT2D eigenvalue weighted by molar-refractivity contribution is 6.31. The molecule has 8 heteroatoms. The summed E-state index contributed by atoms with van der Waals surface area (Å²) in [6.45, 7) is 2.93. The zero-order valence-corrected chi connectivity index (χ0v) is 17.5. The number of hydrogen-bond donors (Lipinski definition) is 1. The van der Waals surface area contributed by atoms with Crippen LogP contribution in [0, 0.1) is 23.0 Å². The fraction of sp³-hybridized carbons (Fsp3) is 0.348. The van der Waals surface area contributed by atoms with E-state index in [4.69, 9.17) is 11.6 Å². The number of azo groups is 1. The van der Waals surface area contributed by atoms with E-state index < -0.39 is 17.3 Å². The molecular weight excluding hydrogens is 424 g/mol. The van der Waals surface area contributed by atoms with Crippen molar-refractivity contribution in [1.82, 2.24) is 4.90 Å². The molecule has 160 valence electrons. The smallest absolute Gasteiger partial charge is 0.257 e. The topological polar surface area (TPSA) is 65.3 Å². The van der Waals surface area contributed by atoms with Crippen molar-refractivity contribution >= 4 is 17.5 Å². The van der Waals surface area contributed by atoms with Crippen LogP contribution >= 0.6 is 11.6 Å². The van der Waals surface area contributed by atoms with E-state index in [2.05, 4.69) is 10.2 Å². The number of aromatic hydroxyl groups is 1. The highest BCUT2D eigenvalue weighted by Gasteiger charge is 2.61. The van der Waals surface area contributed by atoms with Crippen LogP contribution in [0.25, 0.3) is 0 Å². The summed E-state index contributed by atoms with van der Waals surface area (Å²) in [4.78, 5) is 14.2. The first kappa shape index (κ1) is 20.1. The van der Waals surface area contributed by atoms with Gasteiger partial charge >= 0.3 is 0 Å². The molecule has 2 heterocycles. The van der Waals surface area contributed by atoms with Crippen molar-refractivity contribution in [2.45, 2.75) is 25.3 Å². The fourth-order valence-electron chi connectivity index (χ4n) is 5.36. The molecular formula is C23H20ClF2N3O2. The second-order valence-electron chi connectivity index (χ2n) is 8.85. The lowest BCUT2D eigenvalue weighted by Crippen LogP contribution is -2.66. The molecule has 2 aliphatic heterocycles. The first-order chi connectivity index (χ1) is 14.7. The number of nitrogens with zero attached hydrogens (tertiary/aromatic N) is 3. The number of carbonyl (C=O) groups is 1. The minimum absolute atomic E-state index is 0.0706. The van der Waals surface area contributed by atoms with Gasteiger partial charge in [0.15, 0.2) is 0 Å². The summed E-state index contributed by atoms with van der Waals surface area (Å²) in [5.74, 6) is -1.53. The zero-order chi connectivity index (χ0) is 22.0. The first-order valence-electron chi connectivity index (χ1n) is 10.1. The minimum Gasteiger partial charge on any atom is -0.508 e. The van der Waals surface area contributed by atoms with E-state index in [1.54, 1.807) is 11.1 Å². The molecule has 1 unspecified atom stereocenters. The highest BCUT2D eigenvalue weighted by Crippen LogP contribution is 2.62. The summed E-state index contributed by atoms with van der Waals surface area (Å²) in [5.41, 5.74) is 0.523. The quantitative estimate of drug-likeness (QED) is 0.686. The van der Waals surface area contributed by atoms with Crippen molar-refractivity contribution in [3.05, 3.63) is 76.0 Å². The van der Waals surface area contributed by atoms with Gasteiger partial charge in [-0.05, 0) is 67.7 Å². The molecule has 3 aliphatic rings. The SMILES string of the molecule is CC1=CN=NC1(c1cc(F)ccc1Cl)C1CC2(C1)CN(C(=O)c1cc(O)ccc1F)C2. The van der Waals surface area contributed by atoms with E-state index >= 15 is 0 Å². The molecule has 1 aliphatic carbocycles. The molecule has 5 nitrogen and oxygen atoms in total. The van der Waals surface area contributed by atoms with Crippen molar-refractivity contribution in [2.75, 3.05) is 13.1 Å². The Bertz CT molecular complexity index is 1150. The van der Waals surface area contributed by atoms with E-state index in [-0.39, 0.29) is 28.5 Å². The molecule has 1 saturated carbocycles. The van der Waals surface area contributed by atoms with Gasteiger partial charge in [0.2, 0.25) is 0 Å². The Morgan fingerprint density at radius 1 is 1.19 bits per heavy atom. The maximum Gasteiger partial charge on any atom is 0.257 e. The first-order valence-corrected chi connectivity index (χ1v) is 10.4. The molecule has 2 aromatic carbocycles. The molecule has 31 heavy (non-hydrogen) atoms. The van der Waals surface area contributed by atoms with Gasteiger partial charge in [0.1, 0.15) is 22.9 Å². The van der Waals surface area contributed by atoms with E-state index in [0.717, 1.165) is 30.5 Å². The molecule has 1 atom stereocenters. The van der Waals surface area contributed by atoms with E-state index in [9.17, 15) is 18.7 Å². The summed E-state index contributed by atoms with van der Waals surface area (Å²) in [5, 5.41) is 18.6. The number of amides is 1.